The van der Waals surface area contributed by atoms with Gasteiger partial charge in [0, 0.05) is 30.6 Å². The molecule has 0 radical (unpaired) electrons. The molecule has 0 aromatic carbocycles. The third-order valence-corrected chi connectivity index (χ3v) is 4.89. The standard InChI is InChI=1S/C15H18N4O/c1-19-8-9-6-10(19)7-13(9)16-15(20)14-11-4-2-3-5-12(11)17-18-14/h2-4,9-10,13H,5-8H2,1H3,(H,16,20). The summed E-state index contributed by atoms with van der Waals surface area (Å²) in [6.45, 7) is 1.09. The molecule has 20 heavy (non-hydrogen) atoms. The Morgan fingerprint density at radius 2 is 2.30 bits per heavy atom. The van der Waals surface area contributed by atoms with E-state index >= 15 is 0 Å². The van der Waals surface area contributed by atoms with E-state index in [1.807, 2.05) is 18.2 Å². The quantitative estimate of drug-likeness (QED) is 0.810. The molecule has 2 heterocycles. The zero-order valence-corrected chi connectivity index (χ0v) is 11.5. The minimum Gasteiger partial charge on any atom is -0.348 e. The highest BCUT2D eigenvalue weighted by Crippen LogP contribution is 2.36. The van der Waals surface area contributed by atoms with Crippen LogP contribution in [0.4, 0.5) is 0 Å². The number of carbonyl (C=O) groups is 1. The van der Waals surface area contributed by atoms with Gasteiger partial charge in [0.05, 0.1) is 5.71 Å². The number of likely N-dealkylation sites (tertiary alicyclic amines) is 1. The van der Waals surface area contributed by atoms with Crippen LogP contribution in [0.2, 0.25) is 0 Å². The van der Waals surface area contributed by atoms with Gasteiger partial charge in [-0.2, -0.15) is 5.10 Å². The van der Waals surface area contributed by atoms with E-state index < -0.39 is 0 Å². The lowest BCUT2D eigenvalue weighted by Gasteiger charge is -2.29. The van der Waals surface area contributed by atoms with Crippen LogP contribution in [0.3, 0.4) is 0 Å². The Morgan fingerprint density at radius 1 is 1.40 bits per heavy atom. The maximum absolute atomic E-state index is 12.4. The summed E-state index contributed by atoms with van der Waals surface area (Å²) < 4.78 is 0. The van der Waals surface area contributed by atoms with E-state index in [9.17, 15) is 4.79 Å². The molecule has 0 spiro atoms. The van der Waals surface area contributed by atoms with Crippen molar-refractivity contribution in [2.45, 2.75) is 31.3 Å². The number of amides is 1. The van der Waals surface area contributed by atoms with Crippen molar-refractivity contribution < 1.29 is 4.79 Å². The zero-order chi connectivity index (χ0) is 13.7. The predicted molar refractivity (Wildman–Crippen MR) is 77.8 cm³/mol. The largest absolute Gasteiger partial charge is 0.348 e. The second-order valence-corrected chi connectivity index (χ2v) is 6.11. The molecule has 104 valence electrons. The lowest BCUT2D eigenvalue weighted by Crippen LogP contribution is -2.47. The molecule has 2 bridgehead atoms. The lowest BCUT2D eigenvalue weighted by molar-refractivity contribution is -0.115. The molecular formula is C15H18N4O. The first-order valence-electron chi connectivity index (χ1n) is 7.25. The second-order valence-electron chi connectivity index (χ2n) is 6.11. The fourth-order valence-corrected chi connectivity index (χ4v) is 3.78. The van der Waals surface area contributed by atoms with Gasteiger partial charge >= 0.3 is 0 Å². The van der Waals surface area contributed by atoms with Gasteiger partial charge in [-0.25, -0.2) is 0 Å². The molecule has 3 atom stereocenters. The molecule has 2 fully saturated rings. The van der Waals surface area contributed by atoms with E-state index in [2.05, 4.69) is 27.5 Å². The van der Waals surface area contributed by atoms with Gasteiger partial charge in [-0.15, -0.1) is 5.10 Å². The Labute approximate surface area is 118 Å². The van der Waals surface area contributed by atoms with Crippen molar-refractivity contribution in [2.75, 3.05) is 13.6 Å². The first-order chi connectivity index (χ1) is 9.72. The number of nitrogens with one attached hydrogen (secondary N) is 1. The summed E-state index contributed by atoms with van der Waals surface area (Å²) in [5.41, 5.74) is 2.29. The maximum Gasteiger partial charge on any atom is 0.272 e. The number of nitrogens with zero attached hydrogens (tertiary/aromatic N) is 3. The summed E-state index contributed by atoms with van der Waals surface area (Å²) in [5, 5.41) is 11.4. The SMILES string of the molecule is CN1CC2CC1CC2NC(=O)C1=NN=C2CC=CC=C21. The van der Waals surface area contributed by atoms with Crippen LogP contribution in [-0.2, 0) is 4.79 Å². The minimum atomic E-state index is -0.0643. The fraction of sp³-hybridized carbons (Fsp3) is 0.533. The predicted octanol–water partition coefficient (Wildman–Crippen LogP) is 0.892. The number of rotatable bonds is 2. The Balaban J connectivity index is 1.45. The van der Waals surface area contributed by atoms with E-state index in [1.165, 1.54) is 6.42 Å². The highest BCUT2D eigenvalue weighted by Gasteiger charge is 2.44. The monoisotopic (exact) mass is 270 g/mol. The molecule has 5 nitrogen and oxygen atoms in total. The van der Waals surface area contributed by atoms with Gasteiger partial charge in [0.25, 0.3) is 5.91 Å². The van der Waals surface area contributed by atoms with Crippen LogP contribution in [0.25, 0.3) is 0 Å². The molecule has 5 heteroatoms. The first-order valence-corrected chi connectivity index (χ1v) is 7.25. The third-order valence-electron chi connectivity index (χ3n) is 4.89. The second kappa shape index (κ2) is 4.38. The van der Waals surface area contributed by atoms with Crippen LogP contribution >= 0.6 is 0 Å². The minimum absolute atomic E-state index is 0.0643. The van der Waals surface area contributed by atoms with Gasteiger partial charge in [-0.05, 0) is 25.8 Å². The molecule has 0 aromatic rings. The van der Waals surface area contributed by atoms with Crippen LogP contribution in [-0.4, -0.2) is 47.9 Å². The number of allylic oxidation sites excluding steroid dienone is 3. The van der Waals surface area contributed by atoms with Crippen LogP contribution in [0.15, 0.2) is 34.0 Å². The summed E-state index contributed by atoms with van der Waals surface area (Å²) >= 11 is 0. The van der Waals surface area contributed by atoms with Crippen molar-refractivity contribution >= 4 is 17.3 Å². The molecular weight excluding hydrogens is 252 g/mol. The molecule has 4 aliphatic rings. The third kappa shape index (κ3) is 1.77. The van der Waals surface area contributed by atoms with Crippen molar-refractivity contribution in [3.8, 4) is 0 Å². The van der Waals surface area contributed by atoms with Gasteiger partial charge in [0.2, 0.25) is 0 Å². The van der Waals surface area contributed by atoms with Crippen LogP contribution < -0.4 is 5.32 Å². The van der Waals surface area contributed by atoms with Crippen molar-refractivity contribution in [1.82, 2.24) is 10.2 Å². The smallest absolute Gasteiger partial charge is 0.272 e. The molecule has 1 amide bonds. The van der Waals surface area contributed by atoms with Gasteiger partial charge in [0.15, 0.2) is 5.71 Å². The number of fused-ring (bicyclic) bond motifs is 3. The van der Waals surface area contributed by atoms with Gasteiger partial charge in [0.1, 0.15) is 0 Å². The Kier molecular flexibility index (Phi) is 2.63. The molecule has 4 rings (SSSR count). The molecule has 1 saturated heterocycles. The van der Waals surface area contributed by atoms with Crippen LogP contribution in [0, 0.1) is 5.92 Å². The maximum atomic E-state index is 12.4. The van der Waals surface area contributed by atoms with Gasteiger partial charge in [-0.1, -0.05) is 18.2 Å². The Bertz CT molecular complexity index is 585. The van der Waals surface area contributed by atoms with Crippen LogP contribution in [0.5, 0.6) is 0 Å². The van der Waals surface area contributed by atoms with E-state index in [0.717, 1.165) is 30.7 Å². The van der Waals surface area contributed by atoms with E-state index in [-0.39, 0.29) is 5.91 Å². The van der Waals surface area contributed by atoms with E-state index in [1.54, 1.807) is 0 Å². The van der Waals surface area contributed by atoms with E-state index in [4.69, 9.17) is 0 Å². The number of carbonyl (C=O) groups excluding carboxylic acids is 1. The molecule has 0 aromatic heterocycles. The van der Waals surface area contributed by atoms with Gasteiger partial charge < -0.3 is 10.2 Å². The normalized spacial score (nSPS) is 34.6. The van der Waals surface area contributed by atoms with Crippen molar-refractivity contribution in [1.29, 1.82) is 0 Å². The zero-order valence-electron chi connectivity index (χ0n) is 11.5. The topological polar surface area (TPSA) is 57.1 Å². The first kappa shape index (κ1) is 12.0. The Hall–Kier alpha value is -1.75. The van der Waals surface area contributed by atoms with E-state index in [0.29, 0.717) is 23.7 Å². The highest BCUT2D eigenvalue weighted by atomic mass is 16.2. The summed E-state index contributed by atoms with van der Waals surface area (Å²) in [5.74, 6) is 0.530. The summed E-state index contributed by atoms with van der Waals surface area (Å²) in [6.07, 6.45) is 8.97. The lowest BCUT2D eigenvalue weighted by atomic mass is 9.97. The van der Waals surface area contributed by atoms with Crippen LogP contribution in [0.1, 0.15) is 19.3 Å². The molecule has 1 N–H and O–H groups in total. The summed E-state index contributed by atoms with van der Waals surface area (Å²) in [6, 6.07) is 0.939. The molecule has 2 aliphatic heterocycles. The molecule has 2 aliphatic carbocycles. The highest BCUT2D eigenvalue weighted by molar-refractivity contribution is 6.53. The Morgan fingerprint density at radius 3 is 3.05 bits per heavy atom. The fourth-order valence-electron chi connectivity index (χ4n) is 3.78. The van der Waals surface area contributed by atoms with Crippen molar-refractivity contribution in [3.63, 3.8) is 0 Å². The number of hydrogen-bond donors (Lipinski definition) is 1. The molecule has 3 unspecified atom stereocenters. The van der Waals surface area contributed by atoms with Crippen molar-refractivity contribution in [2.24, 2.45) is 16.1 Å². The summed E-state index contributed by atoms with van der Waals surface area (Å²) in [7, 11) is 2.17. The number of piperidine rings is 1. The average Bonchev–Trinajstić information content (AvgIpc) is 3.11. The molecule has 1 saturated carbocycles. The number of hydrogen-bond acceptors (Lipinski definition) is 4. The van der Waals surface area contributed by atoms with Gasteiger partial charge in [-0.3, -0.25) is 4.79 Å². The van der Waals surface area contributed by atoms with Crippen molar-refractivity contribution in [3.05, 3.63) is 23.8 Å². The summed E-state index contributed by atoms with van der Waals surface area (Å²) in [4.78, 5) is 14.8. The average molecular weight is 270 g/mol.